The Kier molecular flexibility index (Phi) is 8.91. The standard InChI is InChI=1S/C8H15N.C2H6/c1-6(2)8(5-9)7(3)4;1-2/h5-6,9H,1-4H3;1-2H3. The highest BCUT2D eigenvalue weighted by molar-refractivity contribution is 5.77. The minimum atomic E-state index is 0.493. The molecule has 0 fully saturated rings. The highest BCUT2D eigenvalue weighted by Gasteiger charge is 1.99. The lowest BCUT2D eigenvalue weighted by atomic mass is 10.0. The number of nitrogens with one attached hydrogen (secondary N) is 1. The molecule has 1 heteroatoms. The zero-order chi connectivity index (χ0) is 9.44. The second-order valence-corrected chi connectivity index (χ2v) is 2.75. The van der Waals surface area contributed by atoms with E-state index in [4.69, 9.17) is 5.41 Å². The molecule has 0 amide bonds. The van der Waals surface area contributed by atoms with Crippen LogP contribution in [0.5, 0.6) is 0 Å². The van der Waals surface area contributed by atoms with Crippen LogP contribution in [0.25, 0.3) is 0 Å². The first-order valence-corrected chi connectivity index (χ1v) is 4.27. The van der Waals surface area contributed by atoms with Gasteiger partial charge in [0.05, 0.1) is 0 Å². The molecule has 0 spiro atoms. The number of hydrogen-bond acceptors (Lipinski definition) is 1. The number of hydrogen-bond donors (Lipinski definition) is 1. The fraction of sp³-hybridized carbons (Fsp3) is 0.700. The van der Waals surface area contributed by atoms with Crippen LogP contribution in [0.15, 0.2) is 11.1 Å². The van der Waals surface area contributed by atoms with Crippen LogP contribution in [0.3, 0.4) is 0 Å². The van der Waals surface area contributed by atoms with Gasteiger partial charge < -0.3 is 5.41 Å². The molecule has 0 aliphatic heterocycles. The topological polar surface area (TPSA) is 23.9 Å². The van der Waals surface area contributed by atoms with E-state index in [9.17, 15) is 0 Å². The van der Waals surface area contributed by atoms with Crippen LogP contribution in [-0.2, 0) is 0 Å². The lowest BCUT2D eigenvalue weighted by Gasteiger charge is -2.06. The fourth-order valence-electron chi connectivity index (χ4n) is 0.888. The predicted octanol–water partition coefficient (Wildman–Crippen LogP) is 3.65. The van der Waals surface area contributed by atoms with Gasteiger partial charge in [0, 0.05) is 6.21 Å². The molecule has 0 saturated carbocycles. The first-order valence-electron chi connectivity index (χ1n) is 4.27. The van der Waals surface area contributed by atoms with Crippen molar-refractivity contribution in [1.29, 1.82) is 5.41 Å². The largest absolute Gasteiger partial charge is 0.308 e. The van der Waals surface area contributed by atoms with Crippen LogP contribution in [0.4, 0.5) is 0 Å². The molecule has 11 heavy (non-hydrogen) atoms. The van der Waals surface area contributed by atoms with Crippen LogP contribution >= 0.6 is 0 Å². The summed E-state index contributed by atoms with van der Waals surface area (Å²) in [5, 5.41) is 7.04. The van der Waals surface area contributed by atoms with Crippen molar-refractivity contribution in [3.63, 3.8) is 0 Å². The molecular formula is C10H21N. The van der Waals surface area contributed by atoms with Crippen molar-refractivity contribution in [3.8, 4) is 0 Å². The maximum atomic E-state index is 7.04. The SMILES string of the molecule is CC.CC(C)=C(C=N)C(C)C. The summed E-state index contributed by atoms with van der Waals surface area (Å²) in [6.07, 6.45) is 1.44. The summed E-state index contributed by atoms with van der Waals surface area (Å²) in [5.41, 5.74) is 2.40. The Balaban J connectivity index is 0. The van der Waals surface area contributed by atoms with Gasteiger partial charge in [-0.15, -0.1) is 0 Å². The van der Waals surface area contributed by atoms with Crippen molar-refractivity contribution in [2.24, 2.45) is 5.92 Å². The molecule has 0 aliphatic rings. The zero-order valence-corrected chi connectivity index (χ0v) is 8.65. The van der Waals surface area contributed by atoms with E-state index >= 15 is 0 Å². The third-order valence-corrected chi connectivity index (χ3v) is 1.35. The van der Waals surface area contributed by atoms with Gasteiger partial charge in [0.1, 0.15) is 0 Å². The van der Waals surface area contributed by atoms with Crippen molar-refractivity contribution < 1.29 is 0 Å². The molecule has 0 aromatic carbocycles. The van der Waals surface area contributed by atoms with Gasteiger partial charge in [0.2, 0.25) is 0 Å². The molecule has 0 saturated heterocycles. The maximum absolute atomic E-state index is 7.04. The van der Waals surface area contributed by atoms with E-state index in [1.807, 2.05) is 27.7 Å². The number of allylic oxidation sites excluding steroid dienone is 2. The lowest BCUT2D eigenvalue weighted by Crippen LogP contribution is -1.96. The summed E-state index contributed by atoms with van der Waals surface area (Å²) in [5.74, 6) is 0.493. The second kappa shape index (κ2) is 7.52. The molecule has 66 valence electrons. The highest BCUT2D eigenvalue weighted by Crippen LogP contribution is 2.10. The van der Waals surface area contributed by atoms with Gasteiger partial charge in [-0.05, 0) is 25.3 Å². The number of rotatable bonds is 2. The van der Waals surface area contributed by atoms with Crippen molar-refractivity contribution >= 4 is 6.21 Å². The summed E-state index contributed by atoms with van der Waals surface area (Å²) in [6.45, 7) is 12.3. The van der Waals surface area contributed by atoms with Crippen LogP contribution in [0.1, 0.15) is 41.5 Å². The third kappa shape index (κ3) is 5.84. The Labute approximate surface area is 71.0 Å². The summed E-state index contributed by atoms with van der Waals surface area (Å²) >= 11 is 0. The van der Waals surface area contributed by atoms with Crippen LogP contribution in [0.2, 0.25) is 0 Å². The van der Waals surface area contributed by atoms with Gasteiger partial charge in [0.25, 0.3) is 0 Å². The van der Waals surface area contributed by atoms with Gasteiger partial charge >= 0.3 is 0 Å². The average molecular weight is 155 g/mol. The third-order valence-electron chi connectivity index (χ3n) is 1.35. The van der Waals surface area contributed by atoms with E-state index in [1.165, 1.54) is 11.8 Å². The average Bonchev–Trinajstić information content (AvgIpc) is 1.91. The smallest absolute Gasteiger partial charge is 0.0211 e. The molecule has 0 unspecified atom stereocenters. The van der Waals surface area contributed by atoms with Crippen molar-refractivity contribution in [1.82, 2.24) is 0 Å². The van der Waals surface area contributed by atoms with E-state index in [0.29, 0.717) is 5.92 Å². The van der Waals surface area contributed by atoms with E-state index < -0.39 is 0 Å². The van der Waals surface area contributed by atoms with E-state index in [0.717, 1.165) is 5.57 Å². The van der Waals surface area contributed by atoms with Crippen LogP contribution in [-0.4, -0.2) is 6.21 Å². The predicted molar refractivity (Wildman–Crippen MR) is 53.3 cm³/mol. The van der Waals surface area contributed by atoms with Crippen molar-refractivity contribution in [3.05, 3.63) is 11.1 Å². The van der Waals surface area contributed by atoms with Gasteiger partial charge in [0.15, 0.2) is 0 Å². The Morgan fingerprint density at radius 2 is 1.55 bits per heavy atom. The molecule has 0 atom stereocenters. The molecular weight excluding hydrogens is 134 g/mol. The Morgan fingerprint density at radius 1 is 1.18 bits per heavy atom. The first kappa shape index (κ1) is 13.0. The minimum Gasteiger partial charge on any atom is -0.308 e. The molecule has 0 heterocycles. The highest BCUT2D eigenvalue weighted by atomic mass is 14.3. The van der Waals surface area contributed by atoms with Gasteiger partial charge in [-0.25, -0.2) is 0 Å². The summed E-state index contributed by atoms with van der Waals surface area (Å²) < 4.78 is 0. The Bertz CT molecular complexity index is 128. The molecule has 0 rings (SSSR count). The first-order chi connectivity index (χ1) is 5.09. The van der Waals surface area contributed by atoms with Crippen molar-refractivity contribution in [2.75, 3.05) is 0 Å². The summed E-state index contributed by atoms with van der Waals surface area (Å²) in [4.78, 5) is 0. The Hall–Kier alpha value is -0.590. The van der Waals surface area contributed by atoms with Gasteiger partial charge in [-0.1, -0.05) is 33.3 Å². The molecule has 0 radical (unpaired) electrons. The van der Waals surface area contributed by atoms with Crippen LogP contribution < -0.4 is 0 Å². The van der Waals surface area contributed by atoms with E-state index in [1.54, 1.807) is 0 Å². The minimum absolute atomic E-state index is 0.493. The molecule has 0 bridgehead atoms. The second-order valence-electron chi connectivity index (χ2n) is 2.75. The van der Waals surface area contributed by atoms with E-state index in [2.05, 4.69) is 13.8 Å². The maximum Gasteiger partial charge on any atom is 0.0211 e. The molecule has 1 nitrogen and oxygen atoms in total. The monoisotopic (exact) mass is 155 g/mol. The van der Waals surface area contributed by atoms with E-state index in [-0.39, 0.29) is 0 Å². The van der Waals surface area contributed by atoms with Crippen LogP contribution in [0, 0.1) is 11.3 Å². The summed E-state index contributed by atoms with van der Waals surface area (Å²) in [7, 11) is 0. The molecule has 0 aliphatic carbocycles. The molecule has 0 aromatic heterocycles. The normalized spacial score (nSPS) is 8.27. The van der Waals surface area contributed by atoms with Crippen molar-refractivity contribution in [2.45, 2.75) is 41.5 Å². The Morgan fingerprint density at radius 3 is 1.55 bits per heavy atom. The zero-order valence-electron chi connectivity index (χ0n) is 8.65. The molecule has 0 aromatic rings. The summed E-state index contributed by atoms with van der Waals surface area (Å²) in [6, 6.07) is 0. The van der Waals surface area contributed by atoms with Gasteiger partial charge in [-0.3, -0.25) is 0 Å². The quantitative estimate of drug-likeness (QED) is 0.588. The van der Waals surface area contributed by atoms with Gasteiger partial charge in [-0.2, -0.15) is 0 Å². The lowest BCUT2D eigenvalue weighted by molar-refractivity contribution is 0.794. The molecule has 1 N–H and O–H groups in total. The fourth-order valence-corrected chi connectivity index (χ4v) is 0.888.